The van der Waals surface area contributed by atoms with Crippen LogP contribution in [0.15, 0.2) is 16.6 Å². The van der Waals surface area contributed by atoms with Crippen molar-refractivity contribution in [2.24, 2.45) is 0 Å². The van der Waals surface area contributed by atoms with Crippen molar-refractivity contribution in [3.05, 3.63) is 32.8 Å². The molecule has 0 aliphatic heterocycles. The first-order chi connectivity index (χ1) is 9.22. The van der Waals surface area contributed by atoms with Crippen LogP contribution in [0, 0.1) is 6.92 Å². The van der Waals surface area contributed by atoms with Gasteiger partial charge in [-0.2, -0.15) is 0 Å². The van der Waals surface area contributed by atoms with Crippen LogP contribution in [-0.2, 0) is 4.79 Å². The second-order valence-electron chi connectivity index (χ2n) is 4.08. The van der Waals surface area contributed by atoms with Gasteiger partial charge >= 0.3 is 5.97 Å². The van der Waals surface area contributed by atoms with Crippen molar-refractivity contribution in [2.45, 2.75) is 25.8 Å². The van der Waals surface area contributed by atoms with Gasteiger partial charge in [-0.1, -0.05) is 11.6 Å². The van der Waals surface area contributed by atoms with Crippen molar-refractivity contribution in [1.82, 2.24) is 5.32 Å². The van der Waals surface area contributed by atoms with Crippen LogP contribution in [0.3, 0.4) is 0 Å². The Morgan fingerprint density at radius 1 is 1.45 bits per heavy atom. The second-order valence-corrected chi connectivity index (χ2v) is 5.28. The molecule has 4 nitrogen and oxygen atoms in total. The van der Waals surface area contributed by atoms with Crippen molar-refractivity contribution in [1.29, 1.82) is 0 Å². The van der Waals surface area contributed by atoms with Gasteiger partial charge in [0.2, 0.25) is 6.43 Å². The van der Waals surface area contributed by atoms with Gasteiger partial charge in [0.1, 0.15) is 6.04 Å². The Morgan fingerprint density at radius 3 is 2.50 bits per heavy atom. The van der Waals surface area contributed by atoms with Crippen LogP contribution < -0.4 is 5.32 Å². The molecule has 0 aliphatic carbocycles. The summed E-state index contributed by atoms with van der Waals surface area (Å²) in [5.74, 6) is -2.28. The van der Waals surface area contributed by atoms with Crippen molar-refractivity contribution >= 4 is 39.4 Å². The predicted octanol–water partition coefficient (Wildman–Crippen LogP) is 3.25. The molecule has 0 unspecified atom stereocenters. The lowest BCUT2D eigenvalue weighted by Gasteiger charge is -2.14. The molecule has 1 amide bonds. The number of aryl methyl sites for hydroxylation is 1. The summed E-state index contributed by atoms with van der Waals surface area (Å²) in [4.78, 5) is 22.7. The first-order valence-corrected chi connectivity index (χ1v) is 6.67. The Bertz CT molecular complexity index is 516. The van der Waals surface area contributed by atoms with E-state index in [9.17, 15) is 18.4 Å². The number of alkyl halides is 2. The Labute approximate surface area is 127 Å². The van der Waals surface area contributed by atoms with E-state index in [2.05, 4.69) is 15.9 Å². The van der Waals surface area contributed by atoms with Gasteiger partial charge in [0, 0.05) is 16.5 Å². The lowest BCUT2D eigenvalue weighted by atomic mass is 10.1. The summed E-state index contributed by atoms with van der Waals surface area (Å²) in [5.41, 5.74) is 0.777. The van der Waals surface area contributed by atoms with Crippen LogP contribution in [0.5, 0.6) is 0 Å². The standard InChI is InChI=1S/C12H11BrClF2NO3/c1-5-2-6(3-7(14)10(5)13)11(18)17-8(12(19)20)4-9(15)16/h2-3,8-9H,4H2,1H3,(H,17,18)(H,19,20)/t8-/m0/s1. The minimum absolute atomic E-state index is 0.108. The zero-order chi connectivity index (χ0) is 15.4. The molecule has 0 radical (unpaired) electrons. The van der Waals surface area contributed by atoms with Gasteiger partial charge < -0.3 is 10.4 Å². The molecule has 110 valence electrons. The van der Waals surface area contributed by atoms with E-state index in [1.54, 1.807) is 6.92 Å². The van der Waals surface area contributed by atoms with Gasteiger partial charge in [0.15, 0.2) is 0 Å². The number of amides is 1. The molecule has 0 fully saturated rings. The predicted molar refractivity (Wildman–Crippen MR) is 73.4 cm³/mol. The van der Waals surface area contributed by atoms with Gasteiger partial charge in [-0.25, -0.2) is 13.6 Å². The van der Waals surface area contributed by atoms with Crippen LogP contribution >= 0.6 is 27.5 Å². The second kappa shape index (κ2) is 6.99. The van der Waals surface area contributed by atoms with Crippen LogP contribution in [0.4, 0.5) is 8.78 Å². The van der Waals surface area contributed by atoms with Crippen LogP contribution in [-0.4, -0.2) is 29.5 Å². The highest BCUT2D eigenvalue weighted by Crippen LogP contribution is 2.27. The molecule has 1 rings (SSSR count). The fraction of sp³-hybridized carbons (Fsp3) is 0.333. The summed E-state index contributed by atoms with van der Waals surface area (Å²) < 4.78 is 25.1. The van der Waals surface area contributed by atoms with Crippen molar-refractivity contribution < 1.29 is 23.5 Å². The fourth-order valence-electron chi connectivity index (χ4n) is 1.50. The average Bonchev–Trinajstić information content (AvgIpc) is 2.33. The largest absolute Gasteiger partial charge is 0.480 e. The van der Waals surface area contributed by atoms with E-state index in [1.807, 2.05) is 5.32 Å². The molecule has 0 heterocycles. The lowest BCUT2D eigenvalue weighted by Crippen LogP contribution is -2.42. The molecule has 8 heteroatoms. The van der Waals surface area contributed by atoms with Crippen LogP contribution in [0.2, 0.25) is 5.02 Å². The van der Waals surface area contributed by atoms with Crippen LogP contribution in [0.1, 0.15) is 22.3 Å². The number of benzene rings is 1. The number of hydrogen-bond acceptors (Lipinski definition) is 2. The molecule has 0 saturated carbocycles. The molecule has 0 bridgehead atoms. The highest BCUT2D eigenvalue weighted by Gasteiger charge is 2.25. The minimum atomic E-state index is -2.83. The third kappa shape index (κ3) is 4.42. The highest BCUT2D eigenvalue weighted by atomic mass is 79.9. The molecule has 1 aromatic carbocycles. The molecule has 20 heavy (non-hydrogen) atoms. The van der Waals surface area contributed by atoms with E-state index in [1.165, 1.54) is 12.1 Å². The Balaban J connectivity index is 2.92. The number of halogens is 4. The van der Waals surface area contributed by atoms with Gasteiger partial charge in [0.05, 0.1) is 5.02 Å². The van der Waals surface area contributed by atoms with Gasteiger partial charge in [0.25, 0.3) is 5.91 Å². The highest BCUT2D eigenvalue weighted by molar-refractivity contribution is 9.10. The molecular formula is C12H11BrClF2NO3. The van der Waals surface area contributed by atoms with E-state index < -0.39 is 30.8 Å². The quantitative estimate of drug-likeness (QED) is 0.836. The summed E-state index contributed by atoms with van der Waals surface area (Å²) in [6.45, 7) is 1.70. The monoisotopic (exact) mass is 369 g/mol. The minimum Gasteiger partial charge on any atom is -0.480 e. The fourth-order valence-corrected chi connectivity index (χ4v) is 1.99. The number of aliphatic carboxylic acids is 1. The van der Waals surface area contributed by atoms with Gasteiger partial charge in [-0.05, 0) is 40.5 Å². The SMILES string of the molecule is Cc1cc(C(=O)N[C@@H](CC(F)F)C(=O)O)cc(Cl)c1Br. The van der Waals surface area contributed by atoms with Crippen molar-refractivity contribution in [2.75, 3.05) is 0 Å². The molecule has 0 saturated heterocycles. The third-order valence-corrected chi connectivity index (χ3v) is 4.07. The maximum Gasteiger partial charge on any atom is 0.326 e. The van der Waals surface area contributed by atoms with Crippen molar-refractivity contribution in [3.8, 4) is 0 Å². The molecule has 0 aliphatic rings. The normalized spacial score (nSPS) is 12.3. The van der Waals surface area contributed by atoms with Crippen molar-refractivity contribution in [3.63, 3.8) is 0 Å². The average molecular weight is 371 g/mol. The Kier molecular flexibility index (Phi) is 5.88. The molecule has 0 spiro atoms. The summed E-state index contributed by atoms with van der Waals surface area (Å²) in [6.07, 6.45) is -3.78. The molecular weight excluding hydrogens is 359 g/mol. The van der Waals surface area contributed by atoms with Gasteiger partial charge in [-0.15, -0.1) is 0 Å². The third-order valence-electron chi connectivity index (χ3n) is 2.49. The van der Waals surface area contributed by atoms with E-state index >= 15 is 0 Å². The summed E-state index contributed by atoms with van der Waals surface area (Å²) in [7, 11) is 0. The number of carboxylic acid groups (broad SMARTS) is 1. The summed E-state index contributed by atoms with van der Waals surface area (Å²) in [5, 5.41) is 11.1. The number of nitrogens with one attached hydrogen (secondary N) is 1. The number of carbonyl (C=O) groups is 2. The maximum absolute atomic E-state index is 12.2. The van der Waals surface area contributed by atoms with Gasteiger partial charge in [-0.3, -0.25) is 4.79 Å². The molecule has 2 N–H and O–H groups in total. The number of rotatable bonds is 5. The van der Waals surface area contributed by atoms with E-state index in [0.717, 1.165) is 0 Å². The smallest absolute Gasteiger partial charge is 0.326 e. The van der Waals surface area contributed by atoms with E-state index in [0.29, 0.717) is 10.0 Å². The number of carboxylic acids is 1. The molecule has 0 aromatic heterocycles. The molecule has 1 aromatic rings. The van der Waals surface area contributed by atoms with E-state index in [-0.39, 0.29) is 10.6 Å². The molecule has 1 atom stereocenters. The van der Waals surface area contributed by atoms with Crippen LogP contribution in [0.25, 0.3) is 0 Å². The first kappa shape index (κ1) is 16.8. The zero-order valence-electron chi connectivity index (χ0n) is 10.3. The number of carbonyl (C=O) groups excluding carboxylic acids is 1. The van der Waals surface area contributed by atoms with E-state index in [4.69, 9.17) is 16.7 Å². The Hall–Kier alpha value is -1.21. The first-order valence-electron chi connectivity index (χ1n) is 5.49. The number of hydrogen-bond donors (Lipinski definition) is 2. The topological polar surface area (TPSA) is 66.4 Å². The lowest BCUT2D eigenvalue weighted by molar-refractivity contribution is -0.140. The summed E-state index contributed by atoms with van der Waals surface area (Å²) in [6, 6.07) is 1.16. The Morgan fingerprint density at radius 2 is 2.05 bits per heavy atom. The maximum atomic E-state index is 12.2. The zero-order valence-corrected chi connectivity index (χ0v) is 12.6. The summed E-state index contributed by atoms with van der Waals surface area (Å²) >= 11 is 9.10.